The van der Waals surface area contributed by atoms with Gasteiger partial charge in [-0.15, -0.1) is 0 Å². The van der Waals surface area contributed by atoms with Crippen molar-refractivity contribution in [1.29, 1.82) is 0 Å². The number of rotatable bonds is 4. The summed E-state index contributed by atoms with van der Waals surface area (Å²) in [4.78, 5) is 19.7. The van der Waals surface area contributed by atoms with Gasteiger partial charge in [-0.05, 0) is 19.1 Å². The van der Waals surface area contributed by atoms with E-state index < -0.39 is 0 Å². The Morgan fingerprint density at radius 2 is 2.33 bits per heavy atom. The first-order valence-corrected chi connectivity index (χ1v) is 5.31. The number of nitrogens with zero attached hydrogens (tertiary/aromatic N) is 2. The maximum absolute atomic E-state index is 11.8. The van der Waals surface area contributed by atoms with Gasteiger partial charge in [-0.1, -0.05) is 0 Å². The number of hydrazine groups is 1. The number of amides is 1. The highest BCUT2D eigenvalue weighted by Gasteiger charge is 2.08. The molecule has 2 heterocycles. The van der Waals surface area contributed by atoms with E-state index in [9.17, 15) is 4.79 Å². The molecular weight excluding hydrogens is 234 g/mol. The number of hydrogen-bond donors (Lipinski definition) is 3. The minimum Gasteiger partial charge on any atom is -0.444 e. The molecule has 94 valence electrons. The Labute approximate surface area is 103 Å². The summed E-state index contributed by atoms with van der Waals surface area (Å²) in [7, 11) is 0. The zero-order valence-corrected chi connectivity index (χ0v) is 9.80. The molecular formula is C11H13N5O2. The molecule has 0 fully saturated rings. The zero-order valence-electron chi connectivity index (χ0n) is 9.80. The third kappa shape index (κ3) is 2.83. The smallest absolute Gasteiger partial charge is 0.251 e. The monoisotopic (exact) mass is 247 g/mol. The molecule has 2 aromatic heterocycles. The Morgan fingerprint density at radius 1 is 1.50 bits per heavy atom. The molecule has 0 aliphatic carbocycles. The summed E-state index contributed by atoms with van der Waals surface area (Å²) in [5, 5.41) is 2.69. The summed E-state index contributed by atoms with van der Waals surface area (Å²) in [5.74, 6) is 6.57. The number of nitrogens with one attached hydrogen (secondary N) is 2. The molecule has 0 aliphatic heterocycles. The number of oxazole rings is 1. The van der Waals surface area contributed by atoms with E-state index in [0.717, 1.165) is 0 Å². The minimum absolute atomic E-state index is 0.236. The summed E-state index contributed by atoms with van der Waals surface area (Å²) in [6.45, 7) is 2.03. The van der Waals surface area contributed by atoms with E-state index in [1.807, 2.05) is 0 Å². The number of aromatic nitrogens is 2. The van der Waals surface area contributed by atoms with Crippen LogP contribution in [-0.2, 0) is 6.54 Å². The number of hydrogen-bond acceptors (Lipinski definition) is 6. The largest absolute Gasteiger partial charge is 0.444 e. The van der Waals surface area contributed by atoms with Crippen LogP contribution in [0.4, 0.5) is 5.82 Å². The third-order valence-electron chi connectivity index (χ3n) is 2.24. The standard InChI is InChI=1S/C11H13N5O2/c1-7-5-14-10(18-7)6-15-11(17)8-2-3-13-9(4-8)16-12/h2-5H,6,12H2,1H3,(H,13,16)(H,15,17). The number of nitrogens with two attached hydrogens (primary N) is 1. The maximum Gasteiger partial charge on any atom is 0.251 e. The second-order valence-corrected chi connectivity index (χ2v) is 3.62. The van der Waals surface area contributed by atoms with E-state index >= 15 is 0 Å². The predicted octanol–water partition coefficient (Wildman–Crippen LogP) is 0.594. The molecule has 1 amide bonds. The number of nitrogen functional groups attached to an aromatic ring is 1. The lowest BCUT2D eigenvalue weighted by molar-refractivity contribution is 0.0947. The molecule has 0 aromatic carbocycles. The predicted molar refractivity (Wildman–Crippen MR) is 64.5 cm³/mol. The fourth-order valence-corrected chi connectivity index (χ4v) is 1.39. The molecule has 0 unspecified atom stereocenters. The summed E-state index contributed by atoms with van der Waals surface area (Å²) in [5.41, 5.74) is 2.84. The van der Waals surface area contributed by atoms with Crippen molar-refractivity contribution < 1.29 is 9.21 Å². The van der Waals surface area contributed by atoms with Crippen molar-refractivity contribution in [2.75, 3.05) is 5.43 Å². The van der Waals surface area contributed by atoms with Gasteiger partial charge in [0.05, 0.1) is 12.7 Å². The Hall–Kier alpha value is -2.41. The van der Waals surface area contributed by atoms with Gasteiger partial charge in [0.15, 0.2) is 0 Å². The lowest BCUT2D eigenvalue weighted by Gasteiger charge is -2.04. The van der Waals surface area contributed by atoms with E-state index in [1.54, 1.807) is 25.3 Å². The number of pyridine rings is 1. The lowest BCUT2D eigenvalue weighted by atomic mass is 10.2. The van der Waals surface area contributed by atoms with Crippen LogP contribution < -0.4 is 16.6 Å². The van der Waals surface area contributed by atoms with Crippen molar-refractivity contribution in [3.8, 4) is 0 Å². The quantitative estimate of drug-likeness (QED) is 0.539. The van der Waals surface area contributed by atoms with Gasteiger partial charge in [-0.3, -0.25) is 4.79 Å². The molecule has 18 heavy (non-hydrogen) atoms. The van der Waals surface area contributed by atoms with Crippen molar-refractivity contribution >= 4 is 11.7 Å². The Kier molecular flexibility index (Phi) is 3.54. The van der Waals surface area contributed by atoms with Crippen molar-refractivity contribution in [3.63, 3.8) is 0 Å². The SMILES string of the molecule is Cc1cnc(CNC(=O)c2ccnc(NN)c2)o1. The van der Waals surface area contributed by atoms with Gasteiger partial charge in [0.25, 0.3) is 5.91 Å². The highest BCUT2D eigenvalue weighted by atomic mass is 16.4. The molecule has 0 saturated heterocycles. The zero-order chi connectivity index (χ0) is 13.0. The van der Waals surface area contributed by atoms with Crippen molar-refractivity contribution in [2.24, 2.45) is 5.84 Å². The number of anilines is 1. The average molecular weight is 247 g/mol. The third-order valence-corrected chi connectivity index (χ3v) is 2.24. The molecule has 0 atom stereocenters. The molecule has 7 heteroatoms. The lowest BCUT2D eigenvalue weighted by Crippen LogP contribution is -2.23. The summed E-state index contributed by atoms with van der Waals surface area (Å²) >= 11 is 0. The van der Waals surface area contributed by atoms with Crippen LogP contribution in [-0.4, -0.2) is 15.9 Å². The van der Waals surface area contributed by atoms with Crippen LogP contribution in [0.5, 0.6) is 0 Å². The van der Waals surface area contributed by atoms with Gasteiger partial charge < -0.3 is 15.2 Å². The van der Waals surface area contributed by atoms with Crippen LogP contribution in [0.15, 0.2) is 28.9 Å². The van der Waals surface area contributed by atoms with Crippen LogP contribution in [0.3, 0.4) is 0 Å². The molecule has 0 bridgehead atoms. The first-order valence-electron chi connectivity index (χ1n) is 5.31. The Bertz CT molecular complexity index is 552. The van der Waals surface area contributed by atoms with E-state index in [1.165, 1.54) is 6.20 Å². The first kappa shape index (κ1) is 12.1. The fourth-order valence-electron chi connectivity index (χ4n) is 1.39. The maximum atomic E-state index is 11.8. The first-order chi connectivity index (χ1) is 8.69. The summed E-state index contributed by atoms with van der Waals surface area (Å²) in [6.07, 6.45) is 3.10. The Morgan fingerprint density at radius 3 is 3.00 bits per heavy atom. The van der Waals surface area contributed by atoms with E-state index in [-0.39, 0.29) is 12.5 Å². The molecule has 2 rings (SSSR count). The summed E-state index contributed by atoms with van der Waals surface area (Å²) < 4.78 is 5.24. The van der Waals surface area contributed by atoms with Crippen LogP contribution in [0, 0.1) is 6.92 Å². The topological polar surface area (TPSA) is 106 Å². The van der Waals surface area contributed by atoms with Crippen LogP contribution in [0.2, 0.25) is 0 Å². The van der Waals surface area contributed by atoms with E-state index in [4.69, 9.17) is 10.3 Å². The summed E-state index contributed by atoms with van der Waals surface area (Å²) in [6, 6.07) is 3.15. The van der Waals surface area contributed by atoms with Crippen molar-refractivity contribution in [1.82, 2.24) is 15.3 Å². The number of carbonyl (C=O) groups excluding carboxylic acids is 1. The molecule has 0 radical (unpaired) electrons. The average Bonchev–Trinajstić information content (AvgIpc) is 2.82. The molecule has 2 aromatic rings. The normalized spacial score (nSPS) is 10.1. The molecule has 0 saturated carbocycles. The van der Waals surface area contributed by atoms with Crippen molar-refractivity contribution in [2.45, 2.75) is 13.5 Å². The highest BCUT2D eigenvalue weighted by molar-refractivity contribution is 5.94. The van der Waals surface area contributed by atoms with Gasteiger partial charge in [0, 0.05) is 11.8 Å². The Balaban J connectivity index is 1.99. The van der Waals surface area contributed by atoms with Crippen LogP contribution in [0.1, 0.15) is 22.0 Å². The number of carbonyl (C=O) groups is 1. The van der Waals surface area contributed by atoms with Gasteiger partial charge in [-0.25, -0.2) is 15.8 Å². The second-order valence-electron chi connectivity index (χ2n) is 3.62. The van der Waals surface area contributed by atoms with E-state index in [0.29, 0.717) is 23.0 Å². The van der Waals surface area contributed by atoms with E-state index in [2.05, 4.69) is 20.7 Å². The highest BCUT2D eigenvalue weighted by Crippen LogP contribution is 2.06. The second kappa shape index (κ2) is 5.28. The van der Waals surface area contributed by atoms with Crippen LogP contribution >= 0.6 is 0 Å². The van der Waals surface area contributed by atoms with Crippen LogP contribution in [0.25, 0.3) is 0 Å². The van der Waals surface area contributed by atoms with Gasteiger partial charge in [0.1, 0.15) is 11.6 Å². The molecule has 4 N–H and O–H groups in total. The van der Waals surface area contributed by atoms with Gasteiger partial charge in [0.2, 0.25) is 5.89 Å². The molecule has 0 aliphatic rings. The molecule has 7 nitrogen and oxygen atoms in total. The number of aryl methyl sites for hydroxylation is 1. The van der Waals surface area contributed by atoms with Crippen molar-refractivity contribution in [3.05, 3.63) is 41.7 Å². The fraction of sp³-hybridized carbons (Fsp3) is 0.182. The minimum atomic E-state index is -0.246. The molecule has 0 spiro atoms. The van der Waals surface area contributed by atoms with Gasteiger partial charge in [-0.2, -0.15) is 0 Å². The van der Waals surface area contributed by atoms with Gasteiger partial charge >= 0.3 is 0 Å².